The van der Waals surface area contributed by atoms with Crippen molar-refractivity contribution in [3.8, 4) is 0 Å². The van der Waals surface area contributed by atoms with Gasteiger partial charge in [-0.05, 0) is 42.0 Å². The molecule has 4 aromatic rings. The van der Waals surface area contributed by atoms with Crippen LogP contribution in [0, 0.1) is 5.82 Å². The van der Waals surface area contributed by atoms with Crippen LogP contribution in [0.15, 0.2) is 59.5 Å². The Hall–Kier alpha value is -4.07. The summed E-state index contributed by atoms with van der Waals surface area (Å²) in [7, 11) is 0. The Kier molecular flexibility index (Phi) is 4.29. The van der Waals surface area contributed by atoms with E-state index in [1.165, 1.54) is 24.5 Å². The summed E-state index contributed by atoms with van der Waals surface area (Å²) in [6, 6.07) is 8.89. The van der Waals surface area contributed by atoms with E-state index >= 15 is 0 Å². The van der Waals surface area contributed by atoms with E-state index in [2.05, 4.69) is 10.1 Å². The minimum absolute atomic E-state index is 0.0175. The van der Waals surface area contributed by atoms with E-state index in [-0.39, 0.29) is 27.9 Å². The SMILES string of the molecule is NC(=O)c1ccc(F)c2c1c(/C=C/c1cccnc1)nn2C(=O)c1ccco1. The smallest absolute Gasteiger partial charge is 0.314 e. The van der Waals surface area contributed by atoms with Gasteiger partial charge in [0.2, 0.25) is 5.91 Å². The van der Waals surface area contributed by atoms with Crippen molar-refractivity contribution >= 4 is 34.9 Å². The van der Waals surface area contributed by atoms with Gasteiger partial charge < -0.3 is 10.2 Å². The van der Waals surface area contributed by atoms with E-state index in [1.54, 1.807) is 30.6 Å². The largest absolute Gasteiger partial charge is 0.459 e. The van der Waals surface area contributed by atoms with E-state index in [0.29, 0.717) is 0 Å². The quantitative estimate of drug-likeness (QED) is 0.589. The monoisotopic (exact) mass is 376 g/mol. The number of primary amides is 1. The molecule has 1 amide bonds. The van der Waals surface area contributed by atoms with Gasteiger partial charge in [0.15, 0.2) is 5.76 Å². The second-order valence-corrected chi connectivity index (χ2v) is 5.88. The molecule has 0 fully saturated rings. The molecular formula is C20H13FN4O3. The number of carbonyl (C=O) groups excluding carboxylic acids is 2. The number of pyridine rings is 1. The first-order valence-corrected chi connectivity index (χ1v) is 8.23. The number of amides is 1. The highest BCUT2D eigenvalue weighted by atomic mass is 19.1. The number of nitrogens with two attached hydrogens (primary N) is 1. The molecule has 1 aromatic carbocycles. The fraction of sp³-hybridized carbons (Fsp3) is 0. The minimum atomic E-state index is -0.758. The molecule has 2 N–H and O–H groups in total. The number of furan rings is 1. The first-order chi connectivity index (χ1) is 13.6. The van der Waals surface area contributed by atoms with Crippen LogP contribution < -0.4 is 5.73 Å². The van der Waals surface area contributed by atoms with Crippen LogP contribution in [0.1, 0.15) is 32.2 Å². The maximum atomic E-state index is 14.6. The molecule has 0 aliphatic heterocycles. The lowest BCUT2D eigenvalue weighted by molar-refractivity contribution is 0.0921. The van der Waals surface area contributed by atoms with Gasteiger partial charge in [-0.1, -0.05) is 12.1 Å². The molecule has 0 aliphatic rings. The zero-order chi connectivity index (χ0) is 19.7. The minimum Gasteiger partial charge on any atom is -0.459 e. The molecule has 0 spiro atoms. The zero-order valence-electron chi connectivity index (χ0n) is 14.4. The Bertz CT molecular complexity index is 1210. The summed E-state index contributed by atoms with van der Waals surface area (Å²) in [5.41, 5.74) is 6.34. The van der Waals surface area contributed by atoms with Crippen LogP contribution in [0.4, 0.5) is 4.39 Å². The van der Waals surface area contributed by atoms with Gasteiger partial charge in [0, 0.05) is 17.8 Å². The normalized spacial score (nSPS) is 11.3. The Labute approximate surface area is 157 Å². The third-order valence-electron chi connectivity index (χ3n) is 4.11. The molecule has 4 rings (SSSR count). The van der Waals surface area contributed by atoms with Crippen LogP contribution >= 0.6 is 0 Å². The Balaban J connectivity index is 1.96. The molecule has 3 heterocycles. The van der Waals surface area contributed by atoms with Crippen molar-refractivity contribution in [3.63, 3.8) is 0 Å². The van der Waals surface area contributed by atoms with Gasteiger partial charge in [0.25, 0.3) is 0 Å². The fourth-order valence-electron chi connectivity index (χ4n) is 2.86. The number of rotatable bonds is 4. The van der Waals surface area contributed by atoms with Gasteiger partial charge in [-0.25, -0.2) is 4.39 Å². The Morgan fingerprint density at radius 3 is 2.68 bits per heavy atom. The molecule has 0 aliphatic carbocycles. The van der Waals surface area contributed by atoms with E-state index in [0.717, 1.165) is 16.3 Å². The average molecular weight is 376 g/mol. The molecule has 3 aromatic heterocycles. The third-order valence-corrected chi connectivity index (χ3v) is 4.11. The summed E-state index contributed by atoms with van der Waals surface area (Å²) >= 11 is 0. The van der Waals surface area contributed by atoms with E-state index in [4.69, 9.17) is 10.2 Å². The molecule has 7 nitrogen and oxygen atoms in total. The lowest BCUT2D eigenvalue weighted by Crippen LogP contribution is -2.14. The zero-order valence-corrected chi connectivity index (χ0v) is 14.4. The lowest BCUT2D eigenvalue weighted by Gasteiger charge is -2.03. The number of nitrogens with zero attached hydrogens (tertiary/aromatic N) is 3. The number of hydrogen-bond acceptors (Lipinski definition) is 5. The van der Waals surface area contributed by atoms with E-state index in [1.807, 2.05) is 6.07 Å². The van der Waals surface area contributed by atoms with Crippen LogP contribution in [0.3, 0.4) is 0 Å². The van der Waals surface area contributed by atoms with Crippen LogP contribution in [-0.4, -0.2) is 26.6 Å². The van der Waals surface area contributed by atoms with Crippen LogP contribution in [0.2, 0.25) is 0 Å². The van der Waals surface area contributed by atoms with E-state index < -0.39 is 17.6 Å². The summed E-state index contributed by atoms with van der Waals surface area (Å²) in [4.78, 5) is 28.6. The molecule has 138 valence electrons. The molecule has 0 radical (unpaired) electrons. The summed E-state index contributed by atoms with van der Waals surface area (Å²) < 4.78 is 20.6. The van der Waals surface area contributed by atoms with Crippen molar-refractivity contribution in [1.82, 2.24) is 14.8 Å². The highest BCUT2D eigenvalue weighted by molar-refractivity contribution is 6.11. The number of aromatic nitrogens is 3. The van der Waals surface area contributed by atoms with Gasteiger partial charge in [0.1, 0.15) is 11.3 Å². The summed E-state index contributed by atoms with van der Waals surface area (Å²) in [5, 5.41) is 4.36. The van der Waals surface area contributed by atoms with Gasteiger partial charge in [-0.3, -0.25) is 14.6 Å². The fourth-order valence-corrected chi connectivity index (χ4v) is 2.86. The molecular weight excluding hydrogens is 363 g/mol. The van der Waals surface area contributed by atoms with Crippen molar-refractivity contribution in [2.24, 2.45) is 5.73 Å². The topological polar surface area (TPSA) is 104 Å². The molecule has 0 saturated carbocycles. The summed E-state index contributed by atoms with van der Waals surface area (Å²) in [6.45, 7) is 0. The van der Waals surface area contributed by atoms with Crippen LogP contribution in [-0.2, 0) is 0 Å². The van der Waals surface area contributed by atoms with Crippen molar-refractivity contribution in [2.75, 3.05) is 0 Å². The van der Waals surface area contributed by atoms with Gasteiger partial charge in [0.05, 0.1) is 17.5 Å². The number of halogens is 1. The highest BCUT2D eigenvalue weighted by Gasteiger charge is 2.24. The molecule has 0 atom stereocenters. The van der Waals surface area contributed by atoms with Crippen molar-refractivity contribution in [3.05, 3.63) is 83.5 Å². The van der Waals surface area contributed by atoms with Gasteiger partial charge >= 0.3 is 5.91 Å². The number of fused-ring (bicyclic) bond motifs is 1. The molecule has 0 saturated heterocycles. The average Bonchev–Trinajstić information content (AvgIpc) is 3.36. The van der Waals surface area contributed by atoms with Crippen LogP contribution in [0.25, 0.3) is 23.1 Å². The Morgan fingerprint density at radius 1 is 1.14 bits per heavy atom. The number of hydrogen-bond donors (Lipinski definition) is 1. The Morgan fingerprint density at radius 2 is 2.00 bits per heavy atom. The maximum Gasteiger partial charge on any atom is 0.314 e. The second-order valence-electron chi connectivity index (χ2n) is 5.88. The van der Waals surface area contributed by atoms with E-state index in [9.17, 15) is 14.0 Å². The predicted molar refractivity (Wildman–Crippen MR) is 99.8 cm³/mol. The predicted octanol–water partition coefficient (Wildman–Crippen LogP) is 3.12. The second kappa shape index (κ2) is 6.92. The van der Waals surface area contributed by atoms with Gasteiger partial charge in [-0.15, -0.1) is 0 Å². The molecule has 0 bridgehead atoms. The highest BCUT2D eigenvalue weighted by Crippen LogP contribution is 2.28. The summed E-state index contributed by atoms with van der Waals surface area (Å²) in [6.07, 6.45) is 7.83. The molecule has 8 heteroatoms. The van der Waals surface area contributed by atoms with Crippen molar-refractivity contribution in [1.29, 1.82) is 0 Å². The van der Waals surface area contributed by atoms with Crippen molar-refractivity contribution < 1.29 is 18.4 Å². The first kappa shape index (κ1) is 17.3. The standard InChI is InChI=1S/C20H13FN4O3/c21-14-7-6-13(19(22)26)17-15(8-5-12-3-1-9-23-11-12)24-25(18(14)17)20(27)16-4-2-10-28-16/h1-11H,(H2,22,26)/b8-5+. The summed E-state index contributed by atoms with van der Waals surface area (Å²) in [5.74, 6) is -2.16. The molecule has 0 unspecified atom stereocenters. The number of benzene rings is 1. The lowest BCUT2D eigenvalue weighted by atomic mass is 10.1. The van der Waals surface area contributed by atoms with Crippen molar-refractivity contribution in [2.45, 2.75) is 0 Å². The third kappa shape index (κ3) is 2.96. The van der Waals surface area contributed by atoms with Crippen LogP contribution in [0.5, 0.6) is 0 Å². The maximum absolute atomic E-state index is 14.6. The van der Waals surface area contributed by atoms with Gasteiger partial charge in [-0.2, -0.15) is 9.78 Å². The number of carbonyl (C=O) groups is 2. The first-order valence-electron chi connectivity index (χ1n) is 8.23. The molecule has 28 heavy (non-hydrogen) atoms.